The first-order chi connectivity index (χ1) is 11.5. The predicted molar refractivity (Wildman–Crippen MR) is 104 cm³/mol. The van der Waals surface area contributed by atoms with Crippen molar-refractivity contribution < 1.29 is 0 Å². The number of hydrogen-bond acceptors (Lipinski definition) is 0. The highest BCUT2D eigenvalue weighted by molar-refractivity contribution is 5.34. The molecule has 0 bridgehead atoms. The van der Waals surface area contributed by atoms with Gasteiger partial charge < -0.3 is 0 Å². The Morgan fingerprint density at radius 1 is 1.04 bits per heavy atom. The van der Waals surface area contributed by atoms with E-state index >= 15 is 0 Å². The van der Waals surface area contributed by atoms with Crippen LogP contribution < -0.4 is 0 Å². The molecule has 0 amide bonds. The lowest BCUT2D eigenvalue weighted by atomic mass is 9.61. The van der Waals surface area contributed by atoms with Gasteiger partial charge in [-0.15, -0.1) is 0 Å². The first-order valence-corrected chi connectivity index (χ1v) is 11.2. The lowest BCUT2D eigenvalue weighted by Crippen LogP contribution is -2.34. The van der Waals surface area contributed by atoms with Gasteiger partial charge in [0.25, 0.3) is 0 Å². The van der Waals surface area contributed by atoms with Gasteiger partial charge in [-0.1, -0.05) is 52.2 Å². The van der Waals surface area contributed by atoms with E-state index in [0.29, 0.717) is 5.41 Å². The molecule has 0 nitrogen and oxygen atoms in total. The van der Waals surface area contributed by atoms with Gasteiger partial charge in [-0.2, -0.15) is 0 Å². The van der Waals surface area contributed by atoms with Gasteiger partial charge in [0.05, 0.1) is 0 Å². The second-order valence-electron chi connectivity index (χ2n) is 10.5. The van der Waals surface area contributed by atoms with Gasteiger partial charge >= 0.3 is 0 Å². The molecule has 136 valence electrons. The number of unbranched alkanes of at least 4 members (excludes halogenated alkanes) is 1. The van der Waals surface area contributed by atoms with E-state index < -0.39 is 0 Å². The molecule has 4 fully saturated rings. The Kier molecular flexibility index (Phi) is 4.63. The Morgan fingerprint density at radius 2 is 1.79 bits per heavy atom. The SMILES string of the molecule is CCCC=C1C2CC(C3CCC(C)(C4CCC(C)C4)CC3)C(C)C12. The van der Waals surface area contributed by atoms with Gasteiger partial charge in [0.2, 0.25) is 0 Å². The molecule has 6 atom stereocenters. The third-order valence-electron chi connectivity index (χ3n) is 9.03. The predicted octanol–water partition coefficient (Wildman–Crippen LogP) is 7.25. The lowest BCUT2D eigenvalue weighted by Gasteiger charge is -2.44. The lowest BCUT2D eigenvalue weighted by molar-refractivity contribution is 0.0639. The van der Waals surface area contributed by atoms with E-state index in [2.05, 4.69) is 33.8 Å². The molecule has 0 saturated heterocycles. The van der Waals surface area contributed by atoms with Crippen LogP contribution in [0, 0.1) is 46.8 Å². The first kappa shape index (κ1) is 17.2. The van der Waals surface area contributed by atoms with Gasteiger partial charge in [-0.25, -0.2) is 0 Å². The molecule has 4 aliphatic rings. The number of allylic oxidation sites excluding steroid dienone is 2. The highest BCUT2D eigenvalue weighted by Gasteiger charge is 2.57. The highest BCUT2D eigenvalue weighted by Crippen LogP contribution is 2.65. The normalized spacial score (nSPS) is 52.7. The molecule has 24 heavy (non-hydrogen) atoms. The summed E-state index contributed by atoms with van der Waals surface area (Å²) in [6, 6.07) is 0. The van der Waals surface area contributed by atoms with Crippen molar-refractivity contribution in [1.82, 2.24) is 0 Å². The van der Waals surface area contributed by atoms with E-state index in [0.717, 1.165) is 41.4 Å². The smallest absolute Gasteiger partial charge is 0.0106 e. The van der Waals surface area contributed by atoms with E-state index in [1.807, 2.05) is 5.57 Å². The molecule has 0 N–H and O–H groups in total. The zero-order valence-electron chi connectivity index (χ0n) is 16.7. The van der Waals surface area contributed by atoms with Crippen LogP contribution in [0.3, 0.4) is 0 Å². The molecule has 4 rings (SSSR count). The maximum atomic E-state index is 2.65. The molecule has 4 saturated carbocycles. The zero-order chi connectivity index (χ0) is 16.9. The minimum atomic E-state index is 0.693. The van der Waals surface area contributed by atoms with Crippen molar-refractivity contribution in [2.45, 2.75) is 91.9 Å². The summed E-state index contributed by atoms with van der Waals surface area (Å²) in [4.78, 5) is 0. The molecule has 0 aromatic rings. The van der Waals surface area contributed by atoms with Crippen LogP contribution in [-0.2, 0) is 0 Å². The summed E-state index contributed by atoms with van der Waals surface area (Å²) >= 11 is 0. The molecule has 0 radical (unpaired) electrons. The topological polar surface area (TPSA) is 0 Å². The first-order valence-electron chi connectivity index (χ1n) is 11.2. The van der Waals surface area contributed by atoms with E-state index in [4.69, 9.17) is 0 Å². The van der Waals surface area contributed by atoms with Crippen molar-refractivity contribution in [1.29, 1.82) is 0 Å². The Morgan fingerprint density at radius 3 is 2.33 bits per heavy atom. The van der Waals surface area contributed by atoms with E-state index in [1.54, 1.807) is 19.3 Å². The fourth-order valence-corrected chi connectivity index (χ4v) is 7.29. The van der Waals surface area contributed by atoms with Crippen molar-refractivity contribution in [3.63, 3.8) is 0 Å². The summed E-state index contributed by atoms with van der Waals surface area (Å²) in [5, 5.41) is 0. The summed E-state index contributed by atoms with van der Waals surface area (Å²) in [7, 11) is 0. The van der Waals surface area contributed by atoms with Gasteiger partial charge in [0.1, 0.15) is 0 Å². The fraction of sp³-hybridized carbons (Fsp3) is 0.917. The van der Waals surface area contributed by atoms with Crippen molar-refractivity contribution in [3.05, 3.63) is 11.6 Å². The summed E-state index contributed by atoms with van der Waals surface area (Å²) in [6.45, 7) is 10.0. The van der Waals surface area contributed by atoms with E-state index in [-0.39, 0.29) is 0 Å². The van der Waals surface area contributed by atoms with Crippen molar-refractivity contribution in [2.24, 2.45) is 46.8 Å². The average molecular weight is 329 g/mol. The third kappa shape index (κ3) is 2.90. The van der Waals surface area contributed by atoms with Crippen LogP contribution in [0.5, 0.6) is 0 Å². The summed E-state index contributed by atoms with van der Waals surface area (Å²) in [5.41, 5.74) is 2.55. The highest BCUT2D eigenvalue weighted by atomic mass is 14.6. The molecule has 0 aliphatic heterocycles. The molecular formula is C24H40. The molecule has 6 unspecified atom stereocenters. The van der Waals surface area contributed by atoms with Crippen molar-refractivity contribution >= 4 is 0 Å². The Bertz CT molecular complexity index is 478. The largest absolute Gasteiger partial charge is 0.0847 e. The second-order valence-corrected chi connectivity index (χ2v) is 10.5. The van der Waals surface area contributed by atoms with Crippen molar-refractivity contribution in [3.8, 4) is 0 Å². The quantitative estimate of drug-likeness (QED) is 0.477. The number of rotatable bonds is 4. The monoisotopic (exact) mass is 328 g/mol. The van der Waals surface area contributed by atoms with Gasteiger partial charge in [0, 0.05) is 0 Å². The van der Waals surface area contributed by atoms with Crippen molar-refractivity contribution in [2.75, 3.05) is 0 Å². The van der Waals surface area contributed by atoms with E-state index in [9.17, 15) is 0 Å². The maximum absolute atomic E-state index is 2.65. The van der Waals surface area contributed by atoms with Crippen LogP contribution in [0.4, 0.5) is 0 Å². The van der Waals surface area contributed by atoms with Gasteiger partial charge in [0.15, 0.2) is 0 Å². The minimum Gasteiger partial charge on any atom is -0.0847 e. The molecule has 0 spiro atoms. The maximum Gasteiger partial charge on any atom is -0.0106 e. The second kappa shape index (κ2) is 6.48. The fourth-order valence-electron chi connectivity index (χ4n) is 7.29. The molecule has 4 aliphatic carbocycles. The molecule has 0 heteroatoms. The summed E-state index contributed by atoms with van der Waals surface area (Å²) in [5.74, 6) is 7.18. The zero-order valence-corrected chi connectivity index (χ0v) is 16.7. The third-order valence-corrected chi connectivity index (χ3v) is 9.03. The van der Waals surface area contributed by atoms with Crippen LogP contribution >= 0.6 is 0 Å². The standard InChI is InChI=1S/C24H40/c1-5-6-7-20-22-15-21(17(3)23(20)22)18-10-12-24(4,13-11-18)19-9-8-16(2)14-19/h7,16-19,21-23H,5-6,8-15H2,1-4H3. The molecule has 0 aromatic heterocycles. The molecule has 0 heterocycles. The number of hydrogen-bond donors (Lipinski definition) is 0. The van der Waals surface area contributed by atoms with E-state index in [1.165, 1.54) is 44.9 Å². The summed E-state index contributed by atoms with van der Waals surface area (Å²) in [6.07, 6.45) is 17.5. The summed E-state index contributed by atoms with van der Waals surface area (Å²) < 4.78 is 0. The van der Waals surface area contributed by atoms with Crippen LogP contribution in [-0.4, -0.2) is 0 Å². The van der Waals surface area contributed by atoms with Crippen LogP contribution in [0.25, 0.3) is 0 Å². The minimum absolute atomic E-state index is 0.693. The Hall–Kier alpha value is -0.260. The van der Waals surface area contributed by atoms with Gasteiger partial charge in [-0.3, -0.25) is 0 Å². The van der Waals surface area contributed by atoms with Crippen LogP contribution in [0.2, 0.25) is 0 Å². The molecular weight excluding hydrogens is 288 g/mol. The Labute approximate surface area is 150 Å². The van der Waals surface area contributed by atoms with Crippen LogP contribution in [0.15, 0.2) is 11.6 Å². The van der Waals surface area contributed by atoms with Crippen LogP contribution in [0.1, 0.15) is 91.9 Å². The Balaban J connectivity index is 1.31. The number of fused-ring (bicyclic) bond motifs is 1. The van der Waals surface area contributed by atoms with Gasteiger partial charge in [-0.05, 0) is 98.2 Å². The molecule has 0 aromatic carbocycles. The average Bonchev–Trinajstić information content (AvgIpc) is 2.87.